The Kier molecular flexibility index (Phi) is 5.06. The lowest BCUT2D eigenvalue weighted by Crippen LogP contribution is -2.29. The molecular formula is C25H15NO7S. The fourth-order valence-corrected chi connectivity index (χ4v) is 5.43. The Labute approximate surface area is 193 Å². The summed E-state index contributed by atoms with van der Waals surface area (Å²) in [6, 6.07) is 11.0. The number of rotatable bonds is 5. The highest BCUT2D eigenvalue weighted by Gasteiger charge is 2.22. The van der Waals surface area contributed by atoms with Gasteiger partial charge in [0.15, 0.2) is 10.9 Å². The van der Waals surface area contributed by atoms with Crippen molar-refractivity contribution in [1.82, 2.24) is 5.32 Å². The van der Waals surface area contributed by atoms with Gasteiger partial charge < -0.3 is 10.4 Å². The molecule has 9 heteroatoms. The van der Waals surface area contributed by atoms with Crippen molar-refractivity contribution in [1.29, 1.82) is 0 Å². The summed E-state index contributed by atoms with van der Waals surface area (Å²) in [4.78, 5) is 75.3. The minimum Gasteiger partial charge on any atom is -0.480 e. The molecule has 1 aromatic heterocycles. The van der Waals surface area contributed by atoms with Gasteiger partial charge in [-0.15, -0.1) is 11.3 Å². The molecule has 0 radical (unpaired) electrons. The highest BCUT2D eigenvalue weighted by molar-refractivity contribution is 7.25. The van der Waals surface area contributed by atoms with Crippen molar-refractivity contribution in [3.8, 4) is 0 Å². The number of aryl methyl sites for hydroxylation is 1. The molecule has 0 aliphatic carbocycles. The van der Waals surface area contributed by atoms with E-state index >= 15 is 0 Å². The summed E-state index contributed by atoms with van der Waals surface area (Å²) in [7, 11) is 0. The zero-order valence-electron chi connectivity index (χ0n) is 17.5. The Morgan fingerprint density at radius 2 is 1.32 bits per heavy atom. The number of amides is 1. The number of carboxylic acid groups (broad SMARTS) is 1. The van der Waals surface area contributed by atoms with Crippen molar-refractivity contribution in [2.45, 2.75) is 12.8 Å². The Morgan fingerprint density at radius 1 is 0.765 bits per heavy atom. The number of nitrogens with one attached hydrogen (secondary N) is 1. The molecule has 1 amide bonds. The summed E-state index contributed by atoms with van der Waals surface area (Å²) in [6.45, 7) is -0.488. The van der Waals surface area contributed by atoms with Crippen LogP contribution in [-0.2, 0) is 16.0 Å². The van der Waals surface area contributed by atoms with Crippen LogP contribution in [0.4, 0.5) is 0 Å². The average Bonchev–Trinajstić information content (AvgIpc) is 3.25. The van der Waals surface area contributed by atoms with Gasteiger partial charge in [0.25, 0.3) is 0 Å². The molecular weight excluding hydrogens is 458 g/mol. The van der Waals surface area contributed by atoms with Crippen LogP contribution in [0.3, 0.4) is 0 Å². The Morgan fingerprint density at radius 3 is 1.94 bits per heavy atom. The van der Waals surface area contributed by atoms with Crippen molar-refractivity contribution >= 4 is 64.9 Å². The molecule has 0 spiro atoms. The summed E-state index contributed by atoms with van der Waals surface area (Å²) in [5.74, 6) is -1.61. The van der Waals surface area contributed by atoms with Crippen LogP contribution in [0.2, 0.25) is 0 Å². The quantitative estimate of drug-likeness (QED) is 0.397. The van der Waals surface area contributed by atoms with Crippen molar-refractivity contribution in [2.75, 3.05) is 6.54 Å². The first-order valence-corrected chi connectivity index (χ1v) is 11.2. The van der Waals surface area contributed by atoms with E-state index in [2.05, 4.69) is 5.32 Å². The molecule has 0 saturated heterocycles. The maximum Gasteiger partial charge on any atom is 0.322 e. The first-order valence-electron chi connectivity index (χ1n) is 10.3. The summed E-state index contributed by atoms with van der Waals surface area (Å²) in [5, 5.41) is 11.6. The summed E-state index contributed by atoms with van der Waals surface area (Å²) in [5.41, 5.74) is -1.19. The maximum atomic E-state index is 13.5. The molecule has 0 fully saturated rings. The van der Waals surface area contributed by atoms with Crippen LogP contribution in [0.5, 0.6) is 0 Å². The minimum atomic E-state index is -1.16. The highest BCUT2D eigenvalue weighted by Crippen LogP contribution is 2.29. The Balaban J connectivity index is 1.71. The van der Waals surface area contributed by atoms with Gasteiger partial charge in [0.1, 0.15) is 6.54 Å². The van der Waals surface area contributed by atoms with E-state index in [1.807, 2.05) is 0 Å². The monoisotopic (exact) mass is 473 g/mol. The molecule has 5 rings (SSSR count). The molecule has 0 atom stereocenters. The van der Waals surface area contributed by atoms with Gasteiger partial charge in [0.2, 0.25) is 16.8 Å². The second-order valence-corrected chi connectivity index (χ2v) is 8.94. The van der Waals surface area contributed by atoms with E-state index in [4.69, 9.17) is 5.11 Å². The lowest BCUT2D eigenvalue weighted by Gasteiger charge is -2.04. The molecule has 0 unspecified atom stereocenters. The van der Waals surface area contributed by atoms with E-state index in [9.17, 15) is 28.8 Å². The van der Waals surface area contributed by atoms with Crippen LogP contribution in [0, 0.1) is 0 Å². The van der Waals surface area contributed by atoms with Gasteiger partial charge in [-0.25, -0.2) is 0 Å². The largest absolute Gasteiger partial charge is 0.480 e. The van der Waals surface area contributed by atoms with E-state index < -0.39 is 34.7 Å². The number of hydrogen-bond donors (Lipinski definition) is 2. The van der Waals surface area contributed by atoms with E-state index in [1.54, 1.807) is 24.3 Å². The first-order chi connectivity index (χ1) is 16.3. The van der Waals surface area contributed by atoms with E-state index in [1.165, 1.54) is 18.2 Å². The second-order valence-electron chi connectivity index (χ2n) is 7.92. The molecule has 1 heterocycles. The summed E-state index contributed by atoms with van der Waals surface area (Å²) in [6.07, 6.45) is 0.219. The van der Waals surface area contributed by atoms with Crippen molar-refractivity contribution in [3.05, 3.63) is 88.9 Å². The molecule has 34 heavy (non-hydrogen) atoms. The van der Waals surface area contributed by atoms with Gasteiger partial charge in [-0.05, 0) is 24.1 Å². The molecule has 0 aliphatic rings. The fourth-order valence-electron chi connectivity index (χ4n) is 4.23. The number of aliphatic carboxylic acids is 1. The number of carbonyl (C=O) groups is 2. The molecule has 8 nitrogen and oxygen atoms in total. The van der Waals surface area contributed by atoms with Gasteiger partial charge in [0.05, 0.1) is 20.2 Å². The Bertz CT molecular complexity index is 1900. The number of hydrogen-bond acceptors (Lipinski definition) is 7. The summed E-state index contributed by atoms with van der Waals surface area (Å²) >= 11 is 0.873. The zero-order valence-corrected chi connectivity index (χ0v) is 18.3. The number of thiophene rings is 1. The average molecular weight is 473 g/mol. The molecule has 0 bridgehead atoms. The molecule has 168 valence electrons. The van der Waals surface area contributed by atoms with Crippen LogP contribution in [0.25, 0.3) is 41.7 Å². The number of benzene rings is 4. The van der Waals surface area contributed by atoms with Crippen molar-refractivity contribution in [2.24, 2.45) is 0 Å². The lowest BCUT2D eigenvalue weighted by molar-refractivity contribution is -0.137. The third-order valence-corrected chi connectivity index (χ3v) is 7.03. The lowest BCUT2D eigenvalue weighted by atomic mass is 9.99. The van der Waals surface area contributed by atoms with Gasteiger partial charge in [0, 0.05) is 28.0 Å². The molecule has 2 N–H and O–H groups in total. The third-order valence-electron chi connectivity index (χ3n) is 5.84. The van der Waals surface area contributed by atoms with Gasteiger partial charge in [-0.1, -0.05) is 30.3 Å². The summed E-state index contributed by atoms with van der Waals surface area (Å²) < 4.78 is 0.177. The third kappa shape index (κ3) is 3.29. The predicted molar refractivity (Wildman–Crippen MR) is 131 cm³/mol. The topological polar surface area (TPSA) is 135 Å². The molecule has 0 aliphatic heterocycles. The van der Waals surface area contributed by atoms with Gasteiger partial charge >= 0.3 is 5.97 Å². The molecule has 5 aromatic rings. The smallest absolute Gasteiger partial charge is 0.322 e. The Hall–Kier alpha value is -4.24. The number of carbonyl (C=O) groups excluding carboxylic acids is 1. The standard InChI is InChI=1S/C25H15NO7S/c27-16(26-10-17(28)29)8-6-11-5-7-14-15(9-11)21(31)19-18-20(30)12-3-1-2-4-13(12)22(32)24(18)34-25(19)23(14)33/h1-5,7,9H,6,8,10H2,(H,26,27)(H,28,29). The SMILES string of the molecule is O=C(O)CNC(=O)CCc1ccc2c(=O)c3sc4c(=O)c5ccccc5c(=O)c4c3c(=O)c2c1. The molecule has 0 saturated carbocycles. The maximum absolute atomic E-state index is 13.5. The van der Waals surface area contributed by atoms with E-state index in [0.717, 1.165) is 11.3 Å². The van der Waals surface area contributed by atoms with E-state index in [-0.39, 0.29) is 60.0 Å². The van der Waals surface area contributed by atoms with Crippen LogP contribution in [0.1, 0.15) is 12.0 Å². The fraction of sp³-hybridized carbons (Fsp3) is 0.120. The number of fused-ring (bicyclic) bond motifs is 5. The van der Waals surface area contributed by atoms with Crippen LogP contribution in [-0.4, -0.2) is 23.5 Å². The van der Waals surface area contributed by atoms with E-state index in [0.29, 0.717) is 5.56 Å². The van der Waals surface area contributed by atoms with Gasteiger partial charge in [-0.2, -0.15) is 0 Å². The predicted octanol–water partition coefficient (Wildman–Crippen LogP) is 1.81. The first kappa shape index (κ1) is 21.6. The minimum absolute atomic E-state index is 0.00290. The van der Waals surface area contributed by atoms with Gasteiger partial charge in [-0.3, -0.25) is 28.8 Å². The molecule has 4 aromatic carbocycles. The van der Waals surface area contributed by atoms with Crippen LogP contribution < -0.4 is 27.0 Å². The highest BCUT2D eigenvalue weighted by atomic mass is 32.1. The van der Waals surface area contributed by atoms with Crippen LogP contribution >= 0.6 is 11.3 Å². The second kappa shape index (κ2) is 7.96. The van der Waals surface area contributed by atoms with Crippen molar-refractivity contribution < 1.29 is 14.7 Å². The van der Waals surface area contributed by atoms with Crippen LogP contribution in [0.15, 0.2) is 61.6 Å². The normalized spacial score (nSPS) is 11.5. The number of carboxylic acids is 1. The zero-order chi connectivity index (χ0) is 24.1. The van der Waals surface area contributed by atoms with Crippen molar-refractivity contribution in [3.63, 3.8) is 0 Å².